The number of hydrogen-bond acceptors (Lipinski definition) is 4. The van der Waals surface area contributed by atoms with Crippen molar-refractivity contribution in [2.75, 3.05) is 18.4 Å². The van der Waals surface area contributed by atoms with Crippen LogP contribution in [0.1, 0.15) is 65.5 Å². The van der Waals surface area contributed by atoms with Crippen LogP contribution in [0.2, 0.25) is 10.0 Å². The number of hydrogen-bond donors (Lipinski definition) is 4. The van der Waals surface area contributed by atoms with Gasteiger partial charge >= 0.3 is 0 Å². The molecule has 0 spiro atoms. The molecule has 1 atom stereocenters. The maximum Gasteiger partial charge on any atom is 0.211 e. The molecule has 0 aliphatic rings. The summed E-state index contributed by atoms with van der Waals surface area (Å²) in [5, 5.41) is 17.8. The fraction of sp³-hybridized carbons (Fsp3) is 0.481. The lowest BCUT2D eigenvalue weighted by Gasteiger charge is -2.16. The molecule has 0 aromatic heterocycles. The fourth-order valence-electron chi connectivity index (χ4n) is 2.63. The summed E-state index contributed by atoms with van der Waals surface area (Å²) in [7, 11) is 0. The zero-order chi connectivity index (χ0) is 27.9. The van der Waals surface area contributed by atoms with Crippen molar-refractivity contribution in [3.8, 4) is 0 Å². The number of carbonyl (C=O) groups excluding carboxylic acids is 2. The van der Waals surface area contributed by atoms with Gasteiger partial charge in [-0.2, -0.15) is 0 Å². The fourth-order valence-corrected chi connectivity index (χ4v) is 2.98. The van der Waals surface area contributed by atoms with Gasteiger partial charge in [-0.3, -0.25) is 9.59 Å². The highest BCUT2D eigenvalue weighted by atomic mass is 35.5. The van der Waals surface area contributed by atoms with Crippen molar-refractivity contribution in [1.29, 1.82) is 0 Å². The number of carbonyl (C=O) groups is 2. The normalized spacial score (nSPS) is 11.8. The van der Waals surface area contributed by atoms with Gasteiger partial charge in [0, 0.05) is 30.3 Å². The number of benzene rings is 2. The van der Waals surface area contributed by atoms with Gasteiger partial charge in [0.05, 0.1) is 10.6 Å². The summed E-state index contributed by atoms with van der Waals surface area (Å²) in [6.07, 6.45) is 1.18. The minimum absolute atomic E-state index is 0.0384. The molecule has 1 unspecified atom stereocenters. The van der Waals surface area contributed by atoms with Crippen LogP contribution < -0.4 is 16.0 Å². The monoisotopic (exact) mass is 543 g/mol. The van der Waals surface area contributed by atoms with Crippen molar-refractivity contribution in [2.45, 2.75) is 66.5 Å². The summed E-state index contributed by atoms with van der Waals surface area (Å²) in [4.78, 5) is 20.3. The van der Waals surface area contributed by atoms with Gasteiger partial charge in [-0.05, 0) is 54.5 Å². The molecule has 0 aliphatic heterocycles. The van der Waals surface area contributed by atoms with Crippen molar-refractivity contribution in [2.24, 2.45) is 5.41 Å². The molecule has 2 amide bonds. The van der Waals surface area contributed by atoms with Gasteiger partial charge in [0.2, 0.25) is 12.8 Å². The molecule has 0 bridgehead atoms. The average molecular weight is 545 g/mol. The van der Waals surface area contributed by atoms with Crippen molar-refractivity contribution < 1.29 is 19.1 Å². The van der Waals surface area contributed by atoms with Crippen molar-refractivity contribution in [1.82, 2.24) is 10.6 Å². The summed E-state index contributed by atoms with van der Waals surface area (Å²) < 4.78 is 14.0. The minimum atomic E-state index is -0.791. The molecule has 2 rings (SSSR count). The Bertz CT molecular complexity index is 939. The molecule has 36 heavy (non-hydrogen) atoms. The highest BCUT2D eigenvalue weighted by Crippen LogP contribution is 2.25. The predicted molar refractivity (Wildman–Crippen MR) is 148 cm³/mol. The van der Waals surface area contributed by atoms with E-state index in [1.165, 1.54) is 6.07 Å². The Balaban J connectivity index is 0.000000779. The number of anilines is 1. The number of aliphatic hydroxyl groups is 1. The Labute approximate surface area is 225 Å². The Kier molecular flexibility index (Phi) is 15.5. The van der Waals surface area contributed by atoms with E-state index in [4.69, 9.17) is 28.3 Å². The van der Waals surface area contributed by atoms with E-state index >= 15 is 0 Å². The molecule has 0 saturated heterocycles. The average Bonchev–Trinajstić information content (AvgIpc) is 2.74. The van der Waals surface area contributed by atoms with Gasteiger partial charge in [0.15, 0.2) is 0 Å². The van der Waals surface area contributed by atoms with Gasteiger partial charge in [-0.1, -0.05) is 76.0 Å². The van der Waals surface area contributed by atoms with Gasteiger partial charge < -0.3 is 21.1 Å². The minimum Gasteiger partial charge on any atom is -0.389 e. The van der Waals surface area contributed by atoms with E-state index in [9.17, 15) is 14.0 Å². The zero-order valence-electron chi connectivity index (χ0n) is 22.2. The molecule has 2 aromatic rings. The topological polar surface area (TPSA) is 90.5 Å². The summed E-state index contributed by atoms with van der Waals surface area (Å²) in [6.45, 7) is 15.3. The number of nitrogens with one attached hydrogen (secondary N) is 3. The van der Waals surface area contributed by atoms with Gasteiger partial charge in [0.1, 0.15) is 5.82 Å². The van der Waals surface area contributed by atoms with E-state index < -0.39 is 5.60 Å². The first-order chi connectivity index (χ1) is 16.6. The summed E-state index contributed by atoms with van der Waals surface area (Å²) in [6, 6.07) is 10.3. The van der Waals surface area contributed by atoms with E-state index in [2.05, 4.69) is 43.6 Å². The molecular formula is C27H40Cl2FN3O3. The molecule has 202 valence electrons. The van der Waals surface area contributed by atoms with Crippen LogP contribution in [0.25, 0.3) is 0 Å². The van der Waals surface area contributed by atoms with Crippen LogP contribution in [0, 0.1) is 11.2 Å². The second-order valence-corrected chi connectivity index (χ2v) is 11.4. The second-order valence-electron chi connectivity index (χ2n) is 10.5. The van der Waals surface area contributed by atoms with Gasteiger partial charge in [-0.15, -0.1) is 0 Å². The van der Waals surface area contributed by atoms with Gasteiger partial charge in [-0.25, -0.2) is 4.39 Å². The molecule has 0 aliphatic carbocycles. The smallest absolute Gasteiger partial charge is 0.211 e. The van der Waals surface area contributed by atoms with Crippen LogP contribution in [-0.2, 0) is 16.1 Å². The number of rotatable bonds is 10. The SMILES string of the molecule is CC(C)(C)C.CC(C)(O)CNC=O.CC(CNCc1ccc(Cl)cc1NC=O)c1cccc(Cl)c1F. The van der Waals surface area contributed by atoms with E-state index in [0.717, 1.165) is 5.56 Å². The highest BCUT2D eigenvalue weighted by molar-refractivity contribution is 6.31. The molecule has 0 saturated carbocycles. The maximum absolute atomic E-state index is 14.0. The molecule has 0 radical (unpaired) electrons. The molecule has 6 nitrogen and oxygen atoms in total. The van der Waals surface area contributed by atoms with E-state index in [1.807, 2.05) is 13.0 Å². The van der Waals surface area contributed by atoms with Crippen LogP contribution in [0.4, 0.5) is 10.1 Å². The quantitative estimate of drug-likeness (QED) is 0.270. The Hall–Kier alpha value is -2.19. The lowest BCUT2D eigenvalue weighted by atomic mass is 10.0. The Morgan fingerprint density at radius 1 is 1.03 bits per heavy atom. The van der Waals surface area contributed by atoms with E-state index in [0.29, 0.717) is 54.1 Å². The maximum atomic E-state index is 14.0. The lowest BCUT2D eigenvalue weighted by Crippen LogP contribution is -2.33. The van der Waals surface area contributed by atoms with Crippen LogP contribution in [0.15, 0.2) is 36.4 Å². The molecule has 4 N–H and O–H groups in total. The molecule has 2 aromatic carbocycles. The molecular weight excluding hydrogens is 504 g/mol. The predicted octanol–water partition coefficient (Wildman–Crippen LogP) is 6.15. The third-order valence-electron chi connectivity index (χ3n) is 4.18. The molecule has 0 heterocycles. The highest BCUT2D eigenvalue weighted by Gasteiger charge is 2.13. The van der Waals surface area contributed by atoms with Crippen molar-refractivity contribution in [3.63, 3.8) is 0 Å². The summed E-state index contributed by atoms with van der Waals surface area (Å²) in [5.41, 5.74) is 1.84. The largest absolute Gasteiger partial charge is 0.389 e. The van der Waals surface area contributed by atoms with Crippen LogP contribution in [0.5, 0.6) is 0 Å². The van der Waals surface area contributed by atoms with Crippen LogP contribution in [-0.4, -0.2) is 36.6 Å². The zero-order valence-corrected chi connectivity index (χ0v) is 23.7. The van der Waals surface area contributed by atoms with Crippen LogP contribution >= 0.6 is 23.2 Å². The molecule has 0 fully saturated rings. The Morgan fingerprint density at radius 2 is 1.64 bits per heavy atom. The van der Waals surface area contributed by atoms with E-state index in [-0.39, 0.29) is 16.8 Å². The van der Waals surface area contributed by atoms with Gasteiger partial charge in [0.25, 0.3) is 0 Å². The van der Waals surface area contributed by atoms with Crippen molar-refractivity contribution in [3.05, 3.63) is 63.4 Å². The lowest BCUT2D eigenvalue weighted by molar-refractivity contribution is -0.110. The first kappa shape index (κ1) is 33.8. The first-order valence-corrected chi connectivity index (χ1v) is 12.4. The molecule has 9 heteroatoms. The summed E-state index contributed by atoms with van der Waals surface area (Å²) >= 11 is 11.7. The third-order valence-corrected chi connectivity index (χ3v) is 4.71. The first-order valence-electron chi connectivity index (χ1n) is 11.6. The number of amides is 2. The second kappa shape index (κ2) is 16.5. The Morgan fingerprint density at radius 3 is 2.14 bits per heavy atom. The third kappa shape index (κ3) is 16.5. The summed E-state index contributed by atoms with van der Waals surface area (Å²) in [5.74, 6) is -0.415. The van der Waals surface area contributed by atoms with Crippen LogP contribution in [0.3, 0.4) is 0 Å². The van der Waals surface area contributed by atoms with Crippen molar-refractivity contribution >= 4 is 41.7 Å². The number of halogens is 3. The standard InChI is InChI=1S/C17H17Cl2FN2O.C5H11NO2.C5H12/c1-11(14-3-2-4-15(19)17(14)20)8-21-9-12-5-6-13(18)7-16(12)22-10-23;1-5(2,8)3-6-4-7;1-5(2,3)4/h2-7,10-11,21H,8-9H2,1H3,(H,22,23);4,8H,3H2,1-2H3,(H,6,7);1-4H3. The van der Waals surface area contributed by atoms with E-state index in [1.54, 1.807) is 38.1 Å².